The molecule has 190 valence electrons. The molecule has 0 spiro atoms. The fourth-order valence-corrected chi connectivity index (χ4v) is 4.15. The Morgan fingerprint density at radius 2 is 1.92 bits per heavy atom. The number of aromatic nitrogens is 3. The number of alkyl carbamates (subject to hydrolysis) is 1. The molecule has 0 aliphatic carbocycles. The van der Waals surface area contributed by atoms with Gasteiger partial charge < -0.3 is 19.6 Å². The van der Waals surface area contributed by atoms with Gasteiger partial charge in [-0.3, -0.25) is 4.79 Å². The number of H-pyrrole nitrogens is 1. The summed E-state index contributed by atoms with van der Waals surface area (Å²) in [5.41, 5.74) is 7.97. The molecule has 9 nitrogen and oxygen atoms in total. The molecule has 0 radical (unpaired) electrons. The van der Waals surface area contributed by atoms with Crippen LogP contribution >= 0.6 is 15.9 Å². The van der Waals surface area contributed by atoms with E-state index in [1.54, 1.807) is 12.4 Å². The van der Waals surface area contributed by atoms with Gasteiger partial charge in [0.2, 0.25) is 0 Å². The number of hydrogen-bond donors (Lipinski definition) is 3. The van der Waals surface area contributed by atoms with Gasteiger partial charge in [-0.05, 0) is 49.7 Å². The van der Waals surface area contributed by atoms with Crippen LogP contribution in [0.4, 0.5) is 4.79 Å². The largest absolute Gasteiger partial charge is 0.445 e. The van der Waals surface area contributed by atoms with Crippen LogP contribution in [0.3, 0.4) is 0 Å². The summed E-state index contributed by atoms with van der Waals surface area (Å²) < 4.78 is 8.40. The number of carbonyl (C=O) groups excluding carboxylic acids is 2. The highest BCUT2D eigenvalue weighted by Crippen LogP contribution is 2.21. The van der Waals surface area contributed by atoms with E-state index in [1.807, 2.05) is 74.5 Å². The molecule has 0 unspecified atom stereocenters. The lowest BCUT2D eigenvalue weighted by molar-refractivity contribution is -0.123. The first-order valence-corrected chi connectivity index (χ1v) is 12.4. The summed E-state index contributed by atoms with van der Waals surface area (Å²) in [5, 5.41) is 6.77. The molecule has 0 fully saturated rings. The Balaban J connectivity index is 1.41. The molecule has 2 amide bonds. The van der Waals surface area contributed by atoms with Gasteiger partial charge in [0, 0.05) is 45.4 Å². The SMILES string of the molecule is Cc1cc(/C=N\NC(=O)[C@H](Cc2cnc[nH]2)NC(=O)OCc2ccccc2)c(C)n1-c1ccc(Br)cc1. The predicted molar refractivity (Wildman–Crippen MR) is 145 cm³/mol. The molecule has 0 saturated carbocycles. The standard InChI is InChI=1S/C27H27BrN6O3/c1-18-12-21(19(2)34(18)24-10-8-22(28)9-11-24)14-31-33-26(35)25(13-23-15-29-17-30-23)32-27(36)37-16-20-6-4-3-5-7-20/h3-12,14-15,17,25H,13,16H2,1-2H3,(H,29,30)(H,32,36)(H,33,35)/b31-14-/t25-/m0/s1. The van der Waals surface area contributed by atoms with E-state index in [0.29, 0.717) is 5.69 Å². The third-order valence-electron chi connectivity index (χ3n) is 5.73. The van der Waals surface area contributed by atoms with Crippen molar-refractivity contribution in [3.8, 4) is 5.69 Å². The number of imidazole rings is 1. The van der Waals surface area contributed by atoms with Crippen LogP contribution in [-0.2, 0) is 22.6 Å². The van der Waals surface area contributed by atoms with E-state index < -0.39 is 18.0 Å². The maximum Gasteiger partial charge on any atom is 0.408 e. The summed E-state index contributed by atoms with van der Waals surface area (Å²) in [6.07, 6.45) is 4.19. The molecule has 2 aromatic carbocycles. The van der Waals surface area contributed by atoms with E-state index in [2.05, 4.69) is 46.3 Å². The Morgan fingerprint density at radius 3 is 2.62 bits per heavy atom. The summed E-state index contributed by atoms with van der Waals surface area (Å²) in [4.78, 5) is 32.3. The zero-order valence-electron chi connectivity index (χ0n) is 20.4. The molecule has 4 rings (SSSR count). The normalized spacial score (nSPS) is 11.9. The lowest BCUT2D eigenvalue weighted by Gasteiger charge is -2.16. The molecule has 0 saturated heterocycles. The van der Waals surface area contributed by atoms with Gasteiger partial charge in [0.1, 0.15) is 12.6 Å². The number of aryl methyl sites for hydroxylation is 1. The molecule has 3 N–H and O–H groups in total. The molecule has 2 aromatic heterocycles. The van der Waals surface area contributed by atoms with Gasteiger partial charge in [-0.15, -0.1) is 0 Å². The minimum Gasteiger partial charge on any atom is -0.445 e. The lowest BCUT2D eigenvalue weighted by Crippen LogP contribution is -2.47. The highest BCUT2D eigenvalue weighted by atomic mass is 79.9. The van der Waals surface area contributed by atoms with E-state index in [-0.39, 0.29) is 13.0 Å². The number of halogens is 1. The van der Waals surface area contributed by atoms with Crippen molar-refractivity contribution in [2.45, 2.75) is 32.9 Å². The van der Waals surface area contributed by atoms with Crippen molar-refractivity contribution in [1.29, 1.82) is 0 Å². The van der Waals surface area contributed by atoms with Crippen molar-refractivity contribution in [3.63, 3.8) is 0 Å². The number of amides is 2. The Morgan fingerprint density at radius 1 is 1.16 bits per heavy atom. The van der Waals surface area contributed by atoms with Gasteiger partial charge in [-0.25, -0.2) is 15.2 Å². The fourth-order valence-electron chi connectivity index (χ4n) is 3.88. The third kappa shape index (κ3) is 6.95. The van der Waals surface area contributed by atoms with Crippen LogP contribution in [0.1, 0.15) is 28.2 Å². The second kappa shape index (κ2) is 12.2. The number of carbonyl (C=O) groups is 2. The number of nitrogens with one attached hydrogen (secondary N) is 3. The van der Waals surface area contributed by atoms with Crippen molar-refractivity contribution in [2.24, 2.45) is 5.10 Å². The summed E-state index contributed by atoms with van der Waals surface area (Å²) in [6, 6.07) is 18.4. The summed E-state index contributed by atoms with van der Waals surface area (Å²) >= 11 is 3.46. The molecule has 0 aliphatic heterocycles. The molecular weight excluding hydrogens is 536 g/mol. The van der Waals surface area contributed by atoms with Crippen LogP contribution in [0.15, 0.2) is 82.8 Å². The van der Waals surface area contributed by atoms with Gasteiger partial charge in [0.05, 0.1) is 12.5 Å². The van der Waals surface area contributed by atoms with Gasteiger partial charge in [-0.2, -0.15) is 5.10 Å². The summed E-state index contributed by atoms with van der Waals surface area (Å²) in [7, 11) is 0. The van der Waals surface area contributed by atoms with Crippen LogP contribution in [-0.4, -0.2) is 38.8 Å². The second-order valence-corrected chi connectivity index (χ2v) is 9.33. The Bertz CT molecular complexity index is 1370. The Labute approximate surface area is 223 Å². The van der Waals surface area contributed by atoms with E-state index in [4.69, 9.17) is 4.74 Å². The van der Waals surface area contributed by atoms with Crippen LogP contribution in [0.2, 0.25) is 0 Å². The molecule has 1 atom stereocenters. The molecular formula is C27H27BrN6O3. The van der Waals surface area contributed by atoms with Crippen LogP contribution in [0.5, 0.6) is 0 Å². The monoisotopic (exact) mass is 562 g/mol. The van der Waals surface area contributed by atoms with Gasteiger partial charge >= 0.3 is 6.09 Å². The third-order valence-corrected chi connectivity index (χ3v) is 6.26. The molecule has 10 heteroatoms. The van der Waals surface area contributed by atoms with Crippen LogP contribution in [0.25, 0.3) is 5.69 Å². The van der Waals surface area contributed by atoms with Crippen LogP contribution < -0.4 is 10.7 Å². The van der Waals surface area contributed by atoms with Crippen molar-refractivity contribution >= 4 is 34.1 Å². The second-order valence-electron chi connectivity index (χ2n) is 8.41. The fraction of sp³-hybridized carbons (Fsp3) is 0.185. The number of hydrazone groups is 1. The minimum atomic E-state index is -0.920. The Kier molecular flexibility index (Phi) is 8.52. The first-order valence-electron chi connectivity index (χ1n) is 11.6. The van der Waals surface area contributed by atoms with E-state index in [0.717, 1.165) is 32.7 Å². The van der Waals surface area contributed by atoms with Gasteiger partial charge in [0.15, 0.2) is 0 Å². The zero-order chi connectivity index (χ0) is 26.2. The number of aromatic amines is 1. The highest BCUT2D eigenvalue weighted by molar-refractivity contribution is 9.10. The van der Waals surface area contributed by atoms with E-state index in [1.165, 1.54) is 6.33 Å². The number of nitrogens with zero attached hydrogens (tertiary/aromatic N) is 3. The molecule has 0 bridgehead atoms. The highest BCUT2D eigenvalue weighted by Gasteiger charge is 2.22. The Hall–Kier alpha value is -4.18. The number of hydrogen-bond acceptors (Lipinski definition) is 5. The zero-order valence-corrected chi connectivity index (χ0v) is 22.0. The number of ether oxygens (including phenoxy) is 1. The smallest absolute Gasteiger partial charge is 0.408 e. The summed E-state index contributed by atoms with van der Waals surface area (Å²) in [5.74, 6) is -0.482. The van der Waals surface area contributed by atoms with E-state index >= 15 is 0 Å². The van der Waals surface area contributed by atoms with Crippen molar-refractivity contribution in [2.75, 3.05) is 0 Å². The van der Waals surface area contributed by atoms with E-state index in [9.17, 15) is 9.59 Å². The number of benzene rings is 2. The van der Waals surface area contributed by atoms with Crippen LogP contribution in [0, 0.1) is 13.8 Å². The van der Waals surface area contributed by atoms with Gasteiger partial charge in [0.25, 0.3) is 5.91 Å². The predicted octanol–water partition coefficient (Wildman–Crippen LogP) is 4.57. The molecule has 4 aromatic rings. The molecule has 2 heterocycles. The maximum absolute atomic E-state index is 12.9. The first-order chi connectivity index (χ1) is 17.9. The topological polar surface area (TPSA) is 113 Å². The van der Waals surface area contributed by atoms with Crippen molar-refractivity contribution in [3.05, 3.63) is 106 Å². The number of rotatable bonds is 9. The summed E-state index contributed by atoms with van der Waals surface area (Å²) in [6.45, 7) is 4.09. The van der Waals surface area contributed by atoms with Crippen molar-refractivity contribution < 1.29 is 14.3 Å². The average Bonchev–Trinajstić information content (AvgIpc) is 3.51. The lowest BCUT2D eigenvalue weighted by atomic mass is 10.1. The maximum atomic E-state index is 12.9. The quantitative estimate of drug-likeness (QED) is 0.205. The first kappa shape index (κ1) is 25.9. The molecule has 0 aliphatic rings. The average molecular weight is 563 g/mol. The minimum absolute atomic E-state index is 0.0945. The van der Waals surface area contributed by atoms with Crippen molar-refractivity contribution in [1.82, 2.24) is 25.3 Å². The van der Waals surface area contributed by atoms with Gasteiger partial charge in [-0.1, -0.05) is 46.3 Å². The molecule has 37 heavy (non-hydrogen) atoms.